The highest BCUT2D eigenvalue weighted by atomic mass is 16.5. The van der Waals surface area contributed by atoms with Crippen molar-refractivity contribution in [3.05, 3.63) is 66.0 Å². The van der Waals surface area contributed by atoms with E-state index in [0.717, 1.165) is 38.7 Å². The molecule has 0 N–H and O–H groups in total. The first-order valence-corrected chi connectivity index (χ1v) is 9.31. The van der Waals surface area contributed by atoms with E-state index in [1.54, 1.807) is 28.4 Å². The Morgan fingerprint density at radius 2 is 1.21 bits per heavy atom. The molecule has 0 aliphatic rings. The molecule has 4 rings (SSSR count). The molecular weight excluding hydrogens is 366 g/mol. The summed E-state index contributed by atoms with van der Waals surface area (Å²) in [5, 5.41) is 4.32. The van der Waals surface area contributed by atoms with Crippen molar-refractivity contribution in [1.29, 1.82) is 0 Å². The Kier molecular flexibility index (Phi) is 5.12. The molecule has 0 amide bonds. The summed E-state index contributed by atoms with van der Waals surface area (Å²) in [6.45, 7) is 0. The molecule has 0 saturated heterocycles. The average molecular weight is 389 g/mol. The summed E-state index contributed by atoms with van der Waals surface area (Å²) < 4.78 is 21.7. The van der Waals surface area contributed by atoms with E-state index in [2.05, 4.69) is 23.2 Å². The van der Waals surface area contributed by atoms with Gasteiger partial charge in [-0.25, -0.2) is 0 Å². The zero-order chi connectivity index (χ0) is 20.4. The van der Waals surface area contributed by atoms with E-state index >= 15 is 0 Å². The normalized spacial score (nSPS) is 10.9. The van der Waals surface area contributed by atoms with Crippen molar-refractivity contribution in [2.24, 2.45) is 0 Å². The lowest BCUT2D eigenvalue weighted by atomic mass is 10.00. The Morgan fingerprint density at radius 3 is 1.86 bits per heavy atom. The van der Waals surface area contributed by atoms with Crippen molar-refractivity contribution >= 4 is 21.5 Å². The molecule has 0 spiro atoms. The van der Waals surface area contributed by atoms with Crippen LogP contribution in [0.1, 0.15) is 11.3 Å². The molecule has 5 nitrogen and oxygen atoms in total. The van der Waals surface area contributed by atoms with Gasteiger partial charge in [-0.1, -0.05) is 18.2 Å². The third-order valence-corrected chi connectivity index (χ3v) is 5.13. The molecule has 4 aromatic rings. The zero-order valence-corrected chi connectivity index (χ0v) is 17.0. The Hall–Kier alpha value is -3.47. The van der Waals surface area contributed by atoms with Gasteiger partial charge in [-0.2, -0.15) is 0 Å². The van der Waals surface area contributed by atoms with Gasteiger partial charge in [0.2, 0.25) is 0 Å². The molecule has 5 heteroatoms. The summed E-state index contributed by atoms with van der Waals surface area (Å²) >= 11 is 0. The SMILES string of the molecule is COc1cc2ccc(Cc3nccc4cc(OC)c(OC)cc34)cc2cc1OC. The molecular formula is C24H23NO4. The summed E-state index contributed by atoms with van der Waals surface area (Å²) in [5.41, 5.74) is 2.16. The van der Waals surface area contributed by atoms with E-state index in [1.165, 1.54) is 5.56 Å². The minimum absolute atomic E-state index is 0.699. The van der Waals surface area contributed by atoms with Crippen LogP contribution in [-0.2, 0) is 6.42 Å². The highest BCUT2D eigenvalue weighted by Crippen LogP contribution is 2.35. The number of aromatic nitrogens is 1. The first-order chi connectivity index (χ1) is 14.2. The van der Waals surface area contributed by atoms with Crippen molar-refractivity contribution in [2.75, 3.05) is 28.4 Å². The lowest BCUT2D eigenvalue weighted by molar-refractivity contribution is 0.356. The molecule has 0 aliphatic heterocycles. The fourth-order valence-corrected chi connectivity index (χ4v) is 3.63. The van der Waals surface area contributed by atoms with Crippen LogP contribution in [-0.4, -0.2) is 33.4 Å². The lowest BCUT2D eigenvalue weighted by Gasteiger charge is -2.12. The maximum Gasteiger partial charge on any atom is 0.161 e. The monoisotopic (exact) mass is 389 g/mol. The summed E-state index contributed by atoms with van der Waals surface area (Å²) in [5.74, 6) is 2.86. The maximum atomic E-state index is 5.48. The summed E-state index contributed by atoms with van der Waals surface area (Å²) in [7, 11) is 6.58. The van der Waals surface area contributed by atoms with Gasteiger partial charge in [-0.05, 0) is 52.1 Å². The van der Waals surface area contributed by atoms with E-state index in [1.807, 2.05) is 36.5 Å². The fraction of sp³-hybridized carbons (Fsp3) is 0.208. The number of methoxy groups -OCH3 is 4. The van der Waals surface area contributed by atoms with E-state index in [9.17, 15) is 0 Å². The largest absolute Gasteiger partial charge is 0.493 e. The Labute approximate surface area is 169 Å². The van der Waals surface area contributed by atoms with Crippen LogP contribution in [0, 0.1) is 0 Å². The predicted octanol–water partition coefficient (Wildman–Crippen LogP) is 5.01. The quantitative estimate of drug-likeness (QED) is 0.464. The number of nitrogens with zero attached hydrogens (tertiary/aromatic N) is 1. The van der Waals surface area contributed by atoms with E-state index < -0.39 is 0 Å². The van der Waals surface area contributed by atoms with Crippen LogP contribution in [0.15, 0.2) is 54.7 Å². The molecule has 0 fully saturated rings. The van der Waals surface area contributed by atoms with Gasteiger partial charge in [0.25, 0.3) is 0 Å². The Morgan fingerprint density at radius 1 is 0.621 bits per heavy atom. The molecule has 0 aliphatic carbocycles. The van der Waals surface area contributed by atoms with Gasteiger partial charge in [-0.15, -0.1) is 0 Å². The number of benzene rings is 3. The van der Waals surface area contributed by atoms with E-state index in [0.29, 0.717) is 17.9 Å². The zero-order valence-electron chi connectivity index (χ0n) is 17.0. The summed E-state index contributed by atoms with van der Waals surface area (Å²) in [4.78, 5) is 4.63. The molecule has 0 radical (unpaired) electrons. The van der Waals surface area contributed by atoms with Crippen molar-refractivity contribution in [1.82, 2.24) is 4.98 Å². The molecule has 3 aromatic carbocycles. The van der Waals surface area contributed by atoms with E-state index in [4.69, 9.17) is 18.9 Å². The lowest BCUT2D eigenvalue weighted by Crippen LogP contribution is -1.96. The second-order valence-electron chi connectivity index (χ2n) is 6.75. The second kappa shape index (κ2) is 7.87. The number of fused-ring (bicyclic) bond motifs is 2. The number of rotatable bonds is 6. The molecule has 148 valence electrons. The predicted molar refractivity (Wildman–Crippen MR) is 115 cm³/mol. The minimum atomic E-state index is 0.699. The summed E-state index contributed by atoms with van der Waals surface area (Å²) in [6, 6.07) is 16.3. The molecule has 1 aromatic heterocycles. The van der Waals surface area contributed by atoms with Crippen molar-refractivity contribution in [3.8, 4) is 23.0 Å². The van der Waals surface area contributed by atoms with Crippen LogP contribution in [0.5, 0.6) is 23.0 Å². The Bertz CT molecular complexity index is 1190. The van der Waals surface area contributed by atoms with Gasteiger partial charge < -0.3 is 18.9 Å². The molecule has 0 atom stereocenters. The standard InChI is InChI=1S/C24H23NO4/c1-26-21-11-16-6-5-15(9-18(16)13-23(21)28-3)10-20-19-14-24(29-4)22(27-2)12-17(19)7-8-25-20/h5-9,11-14H,10H2,1-4H3. The number of hydrogen-bond donors (Lipinski definition) is 0. The Balaban J connectivity index is 1.77. The topological polar surface area (TPSA) is 49.8 Å². The highest BCUT2D eigenvalue weighted by Gasteiger charge is 2.11. The highest BCUT2D eigenvalue weighted by molar-refractivity contribution is 5.89. The third-order valence-electron chi connectivity index (χ3n) is 5.13. The van der Waals surface area contributed by atoms with Crippen LogP contribution >= 0.6 is 0 Å². The first kappa shape index (κ1) is 18.9. The van der Waals surface area contributed by atoms with Crippen LogP contribution < -0.4 is 18.9 Å². The average Bonchev–Trinajstić information content (AvgIpc) is 2.77. The first-order valence-electron chi connectivity index (χ1n) is 9.31. The molecule has 1 heterocycles. The van der Waals surface area contributed by atoms with E-state index in [-0.39, 0.29) is 0 Å². The molecule has 29 heavy (non-hydrogen) atoms. The van der Waals surface area contributed by atoms with Crippen LogP contribution in [0.25, 0.3) is 21.5 Å². The number of pyridine rings is 1. The van der Waals surface area contributed by atoms with Crippen molar-refractivity contribution in [2.45, 2.75) is 6.42 Å². The molecule has 0 bridgehead atoms. The van der Waals surface area contributed by atoms with Gasteiger partial charge in [-0.3, -0.25) is 4.98 Å². The van der Waals surface area contributed by atoms with Gasteiger partial charge in [0.15, 0.2) is 23.0 Å². The number of ether oxygens (including phenoxy) is 4. The molecule has 0 unspecified atom stereocenters. The minimum Gasteiger partial charge on any atom is -0.493 e. The van der Waals surface area contributed by atoms with Gasteiger partial charge >= 0.3 is 0 Å². The smallest absolute Gasteiger partial charge is 0.161 e. The maximum absolute atomic E-state index is 5.48. The molecule has 0 saturated carbocycles. The number of hydrogen-bond acceptors (Lipinski definition) is 5. The third kappa shape index (κ3) is 3.51. The van der Waals surface area contributed by atoms with Crippen LogP contribution in [0.2, 0.25) is 0 Å². The van der Waals surface area contributed by atoms with Gasteiger partial charge in [0.05, 0.1) is 34.1 Å². The van der Waals surface area contributed by atoms with Crippen LogP contribution in [0.4, 0.5) is 0 Å². The van der Waals surface area contributed by atoms with Gasteiger partial charge in [0.1, 0.15) is 0 Å². The fourth-order valence-electron chi connectivity index (χ4n) is 3.63. The second-order valence-corrected chi connectivity index (χ2v) is 6.75. The van der Waals surface area contributed by atoms with Crippen LogP contribution in [0.3, 0.4) is 0 Å². The summed E-state index contributed by atoms with van der Waals surface area (Å²) in [6.07, 6.45) is 2.54. The van der Waals surface area contributed by atoms with Crippen molar-refractivity contribution < 1.29 is 18.9 Å². The van der Waals surface area contributed by atoms with Gasteiger partial charge in [0, 0.05) is 18.0 Å². The van der Waals surface area contributed by atoms with Crippen molar-refractivity contribution in [3.63, 3.8) is 0 Å².